The van der Waals surface area contributed by atoms with Crippen LogP contribution in [0.25, 0.3) is 0 Å². The first-order chi connectivity index (χ1) is 6.61. The minimum Gasteiger partial charge on any atom is -0.316 e. The molecule has 2 bridgehead atoms. The molecule has 14 heavy (non-hydrogen) atoms. The molecule has 0 aromatic carbocycles. The maximum atomic E-state index is 3.58. The lowest BCUT2D eigenvalue weighted by Crippen LogP contribution is -2.61. The predicted molar refractivity (Wildman–Crippen MR) is 61.2 cm³/mol. The van der Waals surface area contributed by atoms with Gasteiger partial charge in [-0.2, -0.15) is 0 Å². The maximum Gasteiger partial charge on any atom is 0.0126 e. The lowest BCUT2D eigenvalue weighted by atomic mass is 9.44. The predicted octanol–water partition coefficient (Wildman–Crippen LogP) is 3.06. The number of nitrogens with one attached hydrogen (secondary N) is 1. The van der Waals surface area contributed by atoms with E-state index in [0.717, 1.165) is 23.8 Å². The van der Waals surface area contributed by atoms with Gasteiger partial charge in [-0.1, -0.05) is 27.2 Å². The van der Waals surface area contributed by atoms with Crippen molar-refractivity contribution >= 4 is 0 Å². The SMILES string of the molecule is CCC[C@H]1C[C@H]2C[C@@H](C1NC)C2(C)C. The summed E-state index contributed by atoms with van der Waals surface area (Å²) in [6.07, 6.45) is 5.73. The van der Waals surface area contributed by atoms with Gasteiger partial charge in [-0.15, -0.1) is 0 Å². The minimum atomic E-state index is 0.623. The molecule has 0 aromatic heterocycles. The van der Waals surface area contributed by atoms with E-state index in [-0.39, 0.29) is 0 Å². The van der Waals surface area contributed by atoms with Crippen LogP contribution in [-0.2, 0) is 0 Å². The molecule has 1 nitrogen and oxygen atoms in total. The lowest BCUT2D eigenvalue weighted by Gasteiger charge is -2.62. The Hall–Kier alpha value is -0.0400. The van der Waals surface area contributed by atoms with E-state index in [1.54, 1.807) is 0 Å². The largest absolute Gasteiger partial charge is 0.316 e. The van der Waals surface area contributed by atoms with E-state index in [1.165, 1.54) is 25.7 Å². The van der Waals surface area contributed by atoms with E-state index < -0.39 is 0 Å². The molecule has 1 heteroatoms. The molecule has 0 amide bonds. The topological polar surface area (TPSA) is 12.0 Å². The molecule has 0 aliphatic heterocycles. The Morgan fingerprint density at radius 1 is 1.29 bits per heavy atom. The first-order valence-electron chi connectivity index (χ1n) is 6.28. The van der Waals surface area contributed by atoms with Gasteiger partial charge in [-0.3, -0.25) is 0 Å². The maximum absolute atomic E-state index is 3.58. The van der Waals surface area contributed by atoms with Crippen LogP contribution in [0.3, 0.4) is 0 Å². The van der Waals surface area contributed by atoms with Gasteiger partial charge in [0.05, 0.1) is 0 Å². The van der Waals surface area contributed by atoms with E-state index in [0.29, 0.717) is 5.41 Å². The van der Waals surface area contributed by atoms with E-state index in [2.05, 4.69) is 33.1 Å². The van der Waals surface area contributed by atoms with Crippen LogP contribution >= 0.6 is 0 Å². The van der Waals surface area contributed by atoms with E-state index in [9.17, 15) is 0 Å². The summed E-state index contributed by atoms with van der Waals surface area (Å²) in [6, 6.07) is 0.801. The van der Waals surface area contributed by atoms with Gasteiger partial charge in [0.2, 0.25) is 0 Å². The van der Waals surface area contributed by atoms with Crippen molar-refractivity contribution in [3.8, 4) is 0 Å². The fraction of sp³-hybridized carbons (Fsp3) is 1.00. The van der Waals surface area contributed by atoms with Gasteiger partial charge < -0.3 is 5.32 Å². The van der Waals surface area contributed by atoms with E-state index in [4.69, 9.17) is 0 Å². The highest BCUT2D eigenvalue weighted by molar-refractivity contribution is 5.08. The molecular formula is C13H25N. The Kier molecular flexibility index (Phi) is 2.63. The van der Waals surface area contributed by atoms with Crippen LogP contribution in [0.1, 0.15) is 46.5 Å². The second-order valence-corrected chi connectivity index (χ2v) is 5.96. The summed E-state index contributed by atoms with van der Waals surface area (Å²) in [6.45, 7) is 7.26. The molecule has 3 aliphatic carbocycles. The third kappa shape index (κ3) is 1.32. The summed E-state index contributed by atoms with van der Waals surface area (Å²) in [5, 5.41) is 3.58. The molecule has 3 aliphatic rings. The minimum absolute atomic E-state index is 0.623. The highest BCUT2D eigenvalue weighted by Gasteiger charge is 2.56. The molecule has 3 fully saturated rings. The molecule has 82 valence electrons. The van der Waals surface area contributed by atoms with Gasteiger partial charge >= 0.3 is 0 Å². The summed E-state index contributed by atoms with van der Waals surface area (Å²) in [5.41, 5.74) is 0.623. The van der Waals surface area contributed by atoms with Gasteiger partial charge in [0.15, 0.2) is 0 Å². The van der Waals surface area contributed by atoms with Crippen LogP contribution in [-0.4, -0.2) is 13.1 Å². The molecule has 1 unspecified atom stereocenters. The monoisotopic (exact) mass is 195 g/mol. The molecule has 1 N–H and O–H groups in total. The molecule has 0 saturated heterocycles. The van der Waals surface area contributed by atoms with Gasteiger partial charge in [0, 0.05) is 6.04 Å². The van der Waals surface area contributed by atoms with E-state index in [1.807, 2.05) is 0 Å². The highest BCUT2D eigenvalue weighted by Crippen LogP contribution is 2.61. The summed E-state index contributed by atoms with van der Waals surface area (Å²) in [7, 11) is 2.15. The summed E-state index contributed by atoms with van der Waals surface area (Å²) >= 11 is 0. The van der Waals surface area contributed by atoms with Crippen molar-refractivity contribution in [2.75, 3.05) is 7.05 Å². The zero-order chi connectivity index (χ0) is 10.3. The highest BCUT2D eigenvalue weighted by atomic mass is 14.9. The van der Waals surface area contributed by atoms with Crippen LogP contribution < -0.4 is 5.32 Å². The van der Waals surface area contributed by atoms with Crippen molar-refractivity contribution in [2.24, 2.45) is 23.2 Å². The number of rotatable bonds is 3. The number of hydrogen-bond donors (Lipinski definition) is 1. The number of fused-ring (bicyclic) bond motifs is 2. The van der Waals surface area contributed by atoms with Gasteiger partial charge in [0.1, 0.15) is 0 Å². The average Bonchev–Trinajstić information content (AvgIpc) is 2.17. The molecule has 4 atom stereocenters. The van der Waals surface area contributed by atoms with Gasteiger partial charge in [0.25, 0.3) is 0 Å². The zero-order valence-corrected chi connectivity index (χ0v) is 10.1. The third-order valence-corrected chi connectivity index (χ3v) is 5.07. The Bertz CT molecular complexity index is 209. The fourth-order valence-electron chi connectivity index (χ4n) is 4.01. The summed E-state index contributed by atoms with van der Waals surface area (Å²) < 4.78 is 0. The molecule has 0 radical (unpaired) electrons. The first-order valence-corrected chi connectivity index (χ1v) is 6.28. The second kappa shape index (κ2) is 3.52. The van der Waals surface area contributed by atoms with Crippen LogP contribution in [0.15, 0.2) is 0 Å². The van der Waals surface area contributed by atoms with Gasteiger partial charge in [-0.05, 0) is 49.5 Å². The fourth-order valence-corrected chi connectivity index (χ4v) is 4.01. The summed E-state index contributed by atoms with van der Waals surface area (Å²) in [5.74, 6) is 2.93. The van der Waals surface area contributed by atoms with Crippen molar-refractivity contribution in [2.45, 2.75) is 52.5 Å². The van der Waals surface area contributed by atoms with Crippen LogP contribution in [0.4, 0.5) is 0 Å². The second-order valence-electron chi connectivity index (χ2n) is 5.96. The third-order valence-electron chi connectivity index (χ3n) is 5.07. The Balaban J connectivity index is 2.07. The Morgan fingerprint density at radius 2 is 2.00 bits per heavy atom. The summed E-state index contributed by atoms with van der Waals surface area (Å²) in [4.78, 5) is 0. The van der Waals surface area contributed by atoms with Crippen LogP contribution in [0.5, 0.6) is 0 Å². The quantitative estimate of drug-likeness (QED) is 0.730. The Labute approximate surface area is 88.7 Å². The van der Waals surface area contributed by atoms with Crippen LogP contribution in [0, 0.1) is 23.2 Å². The zero-order valence-electron chi connectivity index (χ0n) is 10.1. The molecule has 0 spiro atoms. The van der Waals surface area contributed by atoms with Crippen molar-refractivity contribution in [3.05, 3.63) is 0 Å². The molecule has 0 heterocycles. The first kappa shape index (κ1) is 10.5. The van der Waals surface area contributed by atoms with Gasteiger partial charge in [-0.25, -0.2) is 0 Å². The van der Waals surface area contributed by atoms with Crippen molar-refractivity contribution in [3.63, 3.8) is 0 Å². The Morgan fingerprint density at radius 3 is 2.50 bits per heavy atom. The van der Waals surface area contributed by atoms with Crippen molar-refractivity contribution < 1.29 is 0 Å². The van der Waals surface area contributed by atoms with Crippen LogP contribution in [0.2, 0.25) is 0 Å². The number of hydrogen-bond acceptors (Lipinski definition) is 1. The van der Waals surface area contributed by atoms with Crippen molar-refractivity contribution in [1.82, 2.24) is 5.32 Å². The average molecular weight is 195 g/mol. The lowest BCUT2D eigenvalue weighted by molar-refractivity contribution is -0.114. The standard InChI is InChI=1S/C13H25N/c1-5-6-9-7-10-8-11(12(9)14-4)13(10,2)3/h9-12,14H,5-8H2,1-4H3/t9-,10-,11-,12?/m0/s1. The normalized spacial score (nSPS) is 44.6. The molecule has 3 rings (SSSR count). The van der Waals surface area contributed by atoms with Crippen molar-refractivity contribution in [1.29, 1.82) is 0 Å². The molecule has 0 aromatic rings. The smallest absolute Gasteiger partial charge is 0.0126 e. The molecule has 3 saturated carbocycles. The molecular weight excluding hydrogens is 170 g/mol. The van der Waals surface area contributed by atoms with E-state index >= 15 is 0 Å².